The first-order chi connectivity index (χ1) is 7.72. The minimum absolute atomic E-state index is 0.0729. The molecule has 1 heterocycles. The highest BCUT2D eigenvalue weighted by atomic mass is 16.6. The van der Waals surface area contributed by atoms with Gasteiger partial charge in [-0.3, -0.25) is 10.1 Å². The summed E-state index contributed by atoms with van der Waals surface area (Å²) in [6.07, 6.45) is 3.41. The van der Waals surface area contributed by atoms with Gasteiger partial charge in [0.05, 0.1) is 4.92 Å². The average molecular weight is 223 g/mol. The molecule has 0 amide bonds. The third-order valence-electron chi connectivity index (χ3n) is 2.27. The Morgan fingerprint density at radius 2 is 2.19 bits per heavy atom. The zero-order chi connectivity index (χ0) is 11.5. The number of anilines is 2. The molecule has 1 saturated carbocycles. The van der Waals surface area contributed by atoms with Gasteiger partial charge in [-0.25, -0.2) is 9.97 Å². The Labute approximate surface area is 92.4 Å². The lowest BCUT2D eigenvalue weighted by Crippen LogP contribution is -2.10. The van der Waals surface area contributed by atoms with Crippen LogP contribution in [0.2, 0.25) is 0 Å². The molecule has 0 spiro atoms. The molecule has 0 bridgehead atoms. The van der Waals surface area contributed by atoms with Crippen molar-refractivity contribution < 1.29 is 4.92 Å². The highest BCUT2D eigenvalue weighted by Crippen LogP contribution is 2.32. The zero-order valence-electron chi connectivity index (χ0n) is 8.93. The summed E-state index contributed by atoms with van der Waals surface area (Å²) in [4.78, 5) is 18.3. The van der Waals surface area contributed by atoms with E-state index < -0.39 is 4.92 Å². The van der Waals surface area contributed by atoms with E-state index in [1.807, 2.05) is 6.92 Å². The summed E-state index contributed by atoms with van der Waals surface area (Å²) in [6, 6.07) is 0.322. The quantitative estimate of drug-likeness (QED) is 0.578. The summed E-state index contributed by atoms with van der Waals surface area (Å²) in [5.74, 6) is 0.573. The summed E-state index contributed by atoms with van der Waals surface area (Å²) >= 11 is 0. The van der Waals surface area contributed by atoms with E-state index in [9.17, 15) is 10.1 Å². The first-order valence-electron chi connectivity index (χ1n) is 5.22. The van der Waals surface area contributed by atoms with Crippen LogP contribution in [-0.4, -0.2) is 27.5 Å². The van der Waals surface area contributed by atoms with Gasteiger partial charge in [0.25, 0.3) is 0 Å². The molecule has 0 unspecified atom stereocenters. The SMILES string of the molecule is CCNc1ncnc(NC2CC2)c1[N+](=O)[O-]. The van der Waals surface area contributed by atoms with Crippen LogP contribution < -0.4 is 10.6 Å². The number of aromatic nitrogens is 2. The third kappa shape index (κ3) is 2.18. The Morgan fingerprint density at radius 1 is 1.50 bits per heavy atom. The molecule has 1 fully saturated rings. The van der Waals surface area contributed by atoms with E-state index in [-0.39, 0.29) is 11.5 Å². The molecule has 16 heavy (non-hydrogen) atoms. The van der Waals surface area contributed by atoms with Crippen LogP contribution >= 0.6 is 0 Å². The topological polar surface area (TPSA) is 93.0 Å². The fraction of sp³-hybridized carbons (Fsp3) is 0.556. The molecule has 1 aliphatic carbocycles. The summed E-state index contributed by atoms with van der Waals surface area (Å²) in [7, 11) is 0. The van der Waals surface area contributed by atoms with E-state index in [2.05, 4.69) is 20.6 Å². The van der Waals surface area contributed by atoms with E-state index in [0.717, 1.165) is 12.8 Å². The van der Waals surface area contributed by atoms with E-state index in [0.29, 0.717) is 18.4 Å². The van der Waals surface area contributed by atoms with E-state index >= 15 is 0 Å². The monoisotopic (exact) mass is 223 g/mol. The van der Waals surface area contributed by atoms with Crippen molar-refractivity contribution >= 4 is 17.3 Å². The van der Waals surface area contributed by atoms with Crippen LogP contribution in [0.5, 0.6) is 0 Å². The van der Waals surface area contributed by atoms with Gasteiger partial charge in [0, 0.05) is 12.6 Å². The van der Waals surface area contributed by atoms with E-state index in [4.69, 9.17) is 0 Å². The molecule has 0 radical (unpaired) electrons. The second-order valence-electron chi connectivity index (χ2n) is 3.63. The lowest BCUT2D eigenvalue weighted by molar-refractivity contribution is -0.383. The lowest BCUT2D eigenvalue weighted by Gasteiger charge is -2.07. The average Bonchev–Trinajstić information content (AvgIpc) is 3.02. The van der Waals surface area contributed by atoms with E-state index in [1.54, 1.807) is 0 Å². The van der Waals surface area contributed by atoms with Crippen molar-refractivity contribution in [2.75, 3.05) is 17.2 Å². The molecule has 7 heteroatoms. The Morgan fingerprint density at radius 3 is 2.75 bits per heavy atom. The second-order valence-corrected chi connectivity index (χ2v) is 3.63. The molecule has 0 saturated heterocycles. The second kappa shape index (κ2) is 4.30. The summed E-state index contributed by atoms with van der Waals surface area (Å²) in [5.41, 5.74) is -0.0729. The lowest BCUT2D eigenvalue weighted by atomic mass is 10.4. The summed E-state index contributed by atoms with van der Waals surface area (Å²) < 4.78 is 0. The van der Waals surface area contributed by atoms with Gasteiger partial charge in [-0.2, -0.15) is 0 Å². The van der Waals surface area contributed by atoms with Crippen molar-refractivity contribution in [3.63, 3.8) is 0 Å². The Hall–Kier alpha value is -1.92. The zero-order valence-corrected chi connectivity index (χ0v) is 8.93. The predicted octanol–water partition coefficient (Wildman–Crippen LogP) is 1.39. The van der Waals surface area contributed by atoms with Gasteiger partial charge in [-0.1, -0.05) is 0 Å². The molecule has 2 N–H and O–H groups in total. The minimum Gasteiger partial charge on any atom is -0.364 e. The van der Waals surface area contributed by atoms with Crippen molar-refractivity contribution in [2.45, 2.75) is 25.8 Å². The van der Waals surface area contributed by atoms with Gasteiger partial charge >= 0.3 is 5.69 Å². The molecule has 0 atom stereocenters. The van der Waals surface area contributed by atoms with Crippen molar-refractivity contribution in [2.24, 2.45) is 0 Å². The van der Waals surface area contributed by atoms with Crippen LogP contribution in [-0.2, 0) is 0 Å². The van der Waals surface area contributed by atoms with Gasteiger partial charge in [0.2, 0.25) is 11.6 Å². The number of rotatable bonds is 5. The molecule has 86 valence electrons. The number of nitrogens with one attached hydrogen (secondary N) is 2. The minimum atomic E-state index is -0.456. The van der Waals surface area contributed by atoms with Crippen molar-refractivity contribution in [3.8, 4) is 0 Å². The van der Waals surface area contributed by atoms with Crippen molar-refractivity contribution in [1.29, 1.82) is 0 Å². The van der Waals surface area contributed by atoms with Crippen LogP contribution in [0.4, 0.5) is 17.3 Å². The van der Waals surface area contributed by atoms with Crippen LogP contribution in [0.25, 0.3) is 0 Å². The Balaban J connectivity index is 2.33. The Bertz CT molecular complexity index is 405. The normalized spacial score (nSPS) is 14.6. The molecule has 2 rings (SSSR count). The molecular weight excluding hydrogens is 210 g/mol. The number of hydrogen-bond acceptors (Lipinski definition) is 6. The van der Waals surface area contributed by atoms with Crippen LogP contribution in [0.15, 0.2) is 6.33 Å². The van der Waals surface area contributed by atoms with Crippen molar-refractivity contribution in [1.82, 2.24) is 9.97 Å². The summed E-state index contributed by atoms with van der Waals surface area (Å²) in [5, 5.41) is 16.9. The predicted molar refractivity (Wildman–Crippen MR) is 59.5 cm³/mol. The first kappa shape index (κ1) is 10.6. The van der Waals surface area contributed by atoms with Crippen molar-refractivity contribution in [3.05, 3.63) is 16.4 Å². The molecular formula is C9H13N5O2. The third-order valence-corrected chi connectivity index (χ3v) is 2.27. The van der Waals surface area contributed by atoms with Gasteiger partial charge in [0.1, 0.15) is 6.33 Å². The maximum absolute atomic E-state index is 11.0. The van der Waals surface area contributed by atoms with Crippen LogP contribution in [0.1, 0.15) is 19.8 Å². The molecule has 1 aromatic heterocycles. The largest absolute Gasteiger partial charge is 0.364 e. The summed E-state index contributed by atoms with van der Waals surface area (Å²) in [6.45, 7) is 2.44. The van der Waals surface area contributed by atoms with Gasteiger partial charge in [-0.15, -0.1) is 0 Å². The first-order valence-corrected chi connectivity index (χ1v) is 5.22. The maximum atomic E-state index is 11.0. The van der Waals surface area contributed by atoms with Gasteiger partial charge in [0.15, 0.2) is 0 Å². The fourth-order valence-electron chi connectivity index (χ4n) is 1.38. The molecule has 1 aromatic rings. The highest BCUT2D eigenvalue weighted by molar-refractivity contribution is 5.69. The molecule has 0 aliphatic heterocycles. The smallest absolute Gasteiger partial charge is 0.353 e. The van der Waals surface area contributed by atoms with Gasteiger partial charge in [-0.05, 0) is 19.8 Å². The Kier molecular flexibility index (Phi) is 2.84. The molecule has 1 aliphatic rings. The highest BCUT2D eigenvalue weighted by Gasteiger charge is 2.28. The number of nitrogens with zero attached hydrogens (tertiary/aromatic N) is 3. The molecule has 0 aromatic carbocycles. The van der Waals surface area contributed by atoms with Gasteiger partial charge < -0.3 is 10.6 Å². The number of hydrogen-bond donors (Lipinski definition) is 2. The van der Waals surface area contributed by atoms with Crippen LogP contribution in [0.3, 0.4) is 0 Å². The standard InChI is InChI=1S/C9H13N5O2/c1-2-10-8-7(14(15)16)9(12-5-11-8)13-6-3-4-6/h5-6H,2-4H2,1H3,(H2,10,11,12,13). The van der Waals surface area contributed by atoms with E-state index in [1.165, 1.54) is 6.33 Å². The fourth-order valence-corrected chi connectivity index (χ4v) is 1.38. The number of nitro groups is 1. The van der Waals surface area contributed by atoms with Crippen LogP contribution in [0, 0.1) is 10.1 Å². The maximum Gasteiger partial charge on any atom is 0.353 e. The molecule has 7 nitrogen and oxygen atoms in total.